The molecule has 0 spiro atoms. The molecule has 0 fully saturated rings. The number of nitrogens with zero attached hydrogens (tertiary/aromatic N) is 7. The average Bonchev–Trinajstić information content (AvgIpc) is 3.73. The highest BCUT2D eigenvalue weighted by Crippen LogP contribution is 2.44. The molecule has 324 valence electrons. The number of benzene rings is 6. The Morgan fingerprint density at radius 3 is 1.98 bits per heavy atom. The molecule has 64 heavy (non-hydrogen) atoms. The SMILES string of the molecule is [N-]=[N+]=NCc1ccccc1C[C@@]1(C(=O)NCCc2ccc(OCc3ccccc3)c(OCc3ccccc3)c2)N=C(c2ccc(OCCCO)cc2)O[C@@H]1c1ccccc1CN=[N+]=[N-]. The Balaban J connectivity index is 1.22. The Morgan fingerprint density at radius 1 is 0.703 bits per heavy atom. The number of aliphatic hydroxyl groups is 1. The highest BCUT2D eigenvalue weighted by molar-refractivity contribution is 6.01. The minimum atomic E-state index is -1.59. The zero-order valence-electron chi connectivity index (χ0n) is 35.2. The van der Waals surface area contributed by atoms with Crippen LogP contribution >= 0.6 is 0 Å². The summed E-state index contributed by atoms with van der Waals surface area (Å²) in [7, 11) is 0. The number of azide groups is 2. The molecule has 2 atom stereocenters. The van der Waals surface area contributed by atoms with E-state index in [2.05, 4.69) is 25.4 Å². The van der Waals surface area contributed by atoms with E-state index in [1.54, 1.807) is 12.1 Å². The summed E-state index contributed by atoms with van der Waals surface area (Å²) in [5.41, 5.74) is 23.3. The van der Waals surface area contributed by atoms with Crippen molar-refractivity contribution in [1.29, 1.82) is 0 Å². The number of aliphatic imine (C=N–C) groups is 1. The Bertz CT molecular complexity index is 2620. The summed E-state index contributed by atoms with van der Waals surface area (Å²) in [5.74, 6) is 1.63. The van der Waals surface area contributed by atoms with Crippen molar-refractivity contribution in [2.75, 3.05) is 19.8 Å². The summed E-state index contributed by atoms with van der Waals surface area (Å²) in [6.45, 7) is 1.40. The van der Waals surface area contributed by atoms with Gasteiger partial charge in [0.15, 0.2) is 23.1 Å². The Labute approximate surface area is 371 Å². The summed E-state index contributed by atoms with van der Waals surface area (Å²) < 4.78 is 25.2. The topological polar surface area (TPSA) is 196 Å². The van der Waals surface area contributed by atoms with E-state index in [1.807, 2.05) is 140 Å². The van der Waals surface area contributed by atoms with Crippen LogP contribution < -0.4 is 19.5 Å². The van der Waals surface area contributed by atoms with Crippen molar-refractivity contribution in [2.24, 2.45) is 15.2 Å². The Morgan fingerprint density at radius 2 is 1.31 bits per heavy atom. The minimum Gasteiger partial charge on any atom is -0.494 e. The van der Waals surface area contributed by atoms with E-state index in [1.165, 1.54) is 0 Å². The van der Waals surface area contributed by atoms with Gasteiger partial charge >= 0.3 is 0 Å². The summed E-state index contributed by atoms with van der Waals surface area (Å²) in [6.07, 6.45) is 0.0428. The van der Waals surface area contributed by atoms with Gasteiger partial charge in [-0.3, -0.25) is 4.79 Å². The molecule has 6 aromatic carbocycles. The van der Waals surface area contributed by atoms with Gasteiger partial charge in [-0.05, 0) is 92.8 Å². The van der Waals surface area contributed by atoms with Gasteiger partial charge in [0.2, 0.25) is 5.90 Å². The van der Waals surface area contributed by atoms with Crippen LogP contribution in [0, 0.1) is 0 Å². The number of amides is 1. The smallest absolute Gasteiger partial charge is 0.252 e. The van der Waals surface area contributed by atoms with Gasteiger partial charge < -0.3 is 29.4 Å². The van der Waals surface area contributed by atoms with Crippen LogP contribution in [0.25, 0.3) is 20.9 Å². The zero-order chi connectivity index (χ0) is 44.4. The molecule has 7 rings (SSSR count). The molecule has 1 heterocycles. The number of rotatable bonds is 22. The van der Waals surface area contributed by atoms with Crippen molar-refractivity contribution in [1.82, 2.24) is 5.32 Å². The maximum Gasteiger partial charge on any atom is 0.252 e. The molecule has 0 aromatic heterocycles. The van der Waals surface area contributed by atoms with Crippen LogP contribution in [0.5, 0.6) is 17.2 Å². The van der Waals surface area contributed by atoms with Crippen molar-refractivity contribution < 1.29 is 28.8 Å². The maximum atomic E-state index is 15.2. The first-order valence-corrected chi connectivity index (χ1v) is 21.0. The molecule has 0 bridgehead atoms. The second-order valence-electron chi connectivity index (χ2n) is 15.0. The molecule has 0 radical (unpaired) electrons. The van der Waals surface area contributed by atoms with E-state index in [9.17, 15) is 16.2 Å². The molecule has 0 saturated heterocycles. The lowest BCUT2D eigenvalue weighted by Crippen LogP contribution is -2.50. The Kier molecular flexibility index (Phi) is 15.5. The van der Waals surface area contributed by atoms with Crippen LogP contribution in [0.1, 0.15) is 57.0 Å². The predicted octanol–water partition coefficient (Wildman–Crippen LogP) is 10.1. The van der Waals surface area contributed by atoms with E-state index in [-0.39, 0.29) is 38.6 Å². The molecular weight excluding hydrogens is 809 g/mol. The van der Waals surface area contributed by atoms with Crippen LogP contribution in [0.2, 0.25) is 0 Å². The average molecular weight is 857 g/mol. The van der Waals surface area contributed by atoms with Crippen LogP contribution in [0.4, 0.5) is 0 Å². The minimum absolute atomic E-state index is 0.0159. The molecule has 2 N–H and O–H groups in total. The van der Waals surface area contributed by atoms with Gasteiger partial charge in [0, 0.05) is 41.4 Å². The fourth-order valence-corrected chi connectivity index (χ4v) is 7.47. The molecular formula is C50H48N8O6. The van der Waals surface area contributed by atoms with Crippen LogP contribution in [-0.2, 0) is 48.7 Å². The van der Waals surface area contributed by atoms with Gasteiger partial charge in [-0.2, -0.15) is 0 Å². The Hall–Kier alpha value is -7.76. The number of aliphatic hydroxyl groups excluding tert-OH is 1. The number of ether oxygens (including phenoxy) is 4. The third kappa shape index (κ3) is 11.4. The van der Waals surface area contributed by atoms with Crippen LogP contribution in [-0.4, -0.2) is 42.2 Å². The summed E-state index contributed by atoms with van der Waals surface area (Å²) in [5, 5.41) is 20.1. The quantitative estimate of drug-likeness (QED) is 0.0295. The highest BCUT2D eigenvalue weighted by Gasteiger charge is 2.54. The molecule has 1 aliphatic rings. The number of nitrogens with one attached hydrogen (secondary N) is 1. The third-order valence-electron chi connectivity index (χ3n) is 10.7. The van der Waals surface area contributed by atoms with E-state index in [0.717, 1.165) is 27.8 Å². The highest BCUT2D eigenvalue weighted by atomic mass is 16.5. The van der Waals surface area contributed by atoms with Crippen molar-refractivity contribution in [3.63, 3.8) is 0 Å². The molecule has 6 aromatic rings. The standard InChI is InChI=1S/C50H48N8O6/c51-57-54-32-41-17-8-7-16-40(41)31-50(47(44-19-10-9-18-42(44)33-55-58-52)64-48(56-50)39-21-23-43(24-22-39)61-29-11-28-59)49(60)53-27-26-36-20-25-45(62-34-37-12-3-1-4-13-37)46(30-36)63-35-38-14-5-2-6-15-38/h1-10,12-25,30,47,59H,11,26-29,31-35H2,(H,53,60)/t47-,50-/m1/s1. The molecule has 0 saturated carbocycles. The lowest BCUT2D eigenvalue weighted by atomic mass is 9.79. The first-order chi connectivity index (χ1) is 31.5. The summed E-state index contributed by atoms with van der Waals surface area (Å²) in [6, 6.07) is 47.7. The normalized spacial score (nSPS) is 15.1. The van der Waals surface area contributed by atoms with Gasteiger partial charge in [-0.15, -0.1) is 0 Å². The molecule has 1 aliphatic heterocycles. The van der Waals surface area contributed by atoms with E-state index in [4.69, 9.17) is 23.9 Å². The fourth-order valence-electron chi connectivity index (χ4n) is 7.47. The fraction of sp³-hybridized carbons (Fsp3) is 0.240. The van der Waals surface area contributed by atoms with Gasteiger partial charge in [0.05, 0.1) is 19.7 Å². The first kappa shape index (κ1) is 44.3. The summed E-state index contributed by atoms with van der Waals surface area (Å²) >= 11 is 0. The molecule has 1 amide bonds. The largest absolute Gasteiger partial charge is 0.494 e. The van der Waals surface area contributed by atoms with Crippen molar-refractivity contribution in [3.05, 3.63) is 217 Å². The second kappa shape index (κ2) is 22.4. The van der Waals surface area contributed by atoms with Crippen LogP contribution in [0.15, 0.2) is 167 Å². The monoisotopic (exact) mass is 856 g/mol. The van der Waals surface area contributed by atoms with E-state index >= 15 is 4.79 Å². The van der Waals surface area contributed by atoms with Gasteiger partial charge in [-0.25, -0.2) is 4.99 Å². The third-order valence-corrected chi connectivity index (χ3v) is 10.7. The molecule has 0 unspecified atom stereocenters. The number of carbonyl (C=O) groups excluding carboxylic acids is 1. The molecule has 14 heteroatoms. The number of carbonyl (C=O) groups is 1. The van der Waals surface area contributed by atoms with Crippen molar-refractivity contribution in [2.45, 2.75) is 57.2 Å². The summed E-state index contributed by atoms with van der Waals surface area (Å²) in [4.78, 5) is 26.4. The van der Waals surface area contributed by atoms with Gasteiger partial charge in [-0.1, -0.05) is 125 Å². The second-order valence-corrected chi connectivity index (χ2v) is 15.0. The number of hydrogen-bond acceptors (Lipinski definition) is 9. The lowest BCUT2D eigenvalue weighted by molar-refractivity contribution is -0.128. The van der Waals surface area contributed by atoms with Crippen molar-refractivity contribution in [3.8, 4) is 17.2 Å². The van der Waals surface area contributed by atoms with Gasteiger partial charge in [0.25, 0.3) is 5.91 Å². The lowest BCUT2D eigenvalue weighted by Gasteiger charge is -2.32. The molecule has 14 nitrogen and oxygen atoms in total. The van der Waals surface area contributed by atoms with Crippen molar-refractivity contribution >= 4 is 11.8 Å². The number of hydrogen-bond donors (Lipinski definition) is 2. The predicted molar refractivity (Wildman–Crippen MR) is 244 cm³/mol. The van der Waals surface area contributed by atoms with E-state index in [0.29, 0.717) is 66.6 Å². The molecule has 0 aliphatic carbocycles. The van der Waals surface area contributed by atoms with E-state index < -0.39 is 17.6 Å². The van der Waals surface area contributed by atoms with Gasteiger partial charge in [0.1, 0.15) is 19.0 Å². The maximum absolute atomic E-state index is 15.2. The zero-order valence-corrected chi connectivity index (χ0v) is 35.2. The van der Waals surface area contributed by atoms with Crippen LogP contribution in [0.3, 0.4) is 0 Å². The first-order valence-electron chi connectivity index (χ1n) is 21.0.